The van der Waals surface area contributed by atoms with Gasteiger partial charge in [0.25, 0.3) is 5.91 Å². The highest BCUT2D eigenvalue weighted by atomic mass is 32.3. The summed E-state index contributed by atoms with van der Waals surface area (Å²) in [6.07, 6.45) is 2.65. The summed E-state index contributed by atoms with van der Waals surface area (Å²) in [5.41, 5.74) is -0.849. The summed E-state index contributed by atoms with van der Waals surface area (Å²) in [5, 5.41) is 3.17. The van der Waals surface area contributed by atoms with Gasteiger partial charge in [-0.2, -0.15) is 13.5 Å². The van der Waals surface area contributed by atoms with E-state index in [1.165, 1.54) is 6.92 Å². The number of β-lactam (4-membered cyclic amide) rings is 1. The lowest BCUT2D eigenvalue weighted by Gasteiger charge is -2.52. The van der Waals surface area contributed by atoms with E-state index in [0.29, 0.717) is 17.9 Å². The minimum absolute atomic E-state index is 0.369. The van der Waals surface area contributed by atoms with E-state index < -0.39 is 27.9 Å². The third kappa shape index (κ3) is 2.08. The van der Waals surface area contributed by atoms with Gasteiger partial charge in [0.05, 0.1) is 0 Å². The molecule has 2 aliphatic rings. The zero-order valence-corrected chi connectivity index (χ0v) is 10.6. The monoisotopic (exact) mass is 278 g/mol. The summed E-state index contributed by atoms with van der Waals surface area (Å²) in [4.78, 5) is 22.8. The Morgan fingerprint density at radius 1 is 1.50 bits per heavy atom. The Kier molecular flexibility index (Phi) is 3.07. The molecule has 2 rings (SSSR count). The standard InChI is InChI=1S/C9H14N2O6S/c1-6(12)10-7-8(13)11(17-18(14,15)16)9(7)4-2-3-5-9/h7H,2-5H2,1H3,(H,10,12)(H,14,15,16). The fourth-order valence-electron chi connectivity index (χ4n) is 2.70. The summed E-state index contributed by atoms with van der Waals surface area (Å²) < 4.78 is 34.3. The van der Waals surface area contributed by atoms with Gasteiger partial charge in [0.15, 0.2) is 0 Å². The Hall–Kier alpha value is -1.19. The van der Waals surface area contributed by atoms with E-state index in [-0.39, 0.29) is 5.91 Å². The zero-order chi connectivity index (χ0) is 13.6. The van der Waals surface area contributed by atoms with Crippen LogP contribution in [0.2, 0.25) is 0 Å². The van der Waals surface area contributed by atoms with Crippen LogP contribution in [0.1, 0.15) is 32.6 Å². The Labute approximate surface area is 104 Å². The number of amides is 2. The van der Waals surface area contributed by atoms with Crippen LogP contribution in [0, 0.1) is 0 Å². The SMILES string of the molecule is CC(=O)NC1C(=O)N(OS(=O)(=O)O)C12CCCC2. The van der Waals surface area contributed by atoms with Crippen LogP contribution in [-0.4, -0.2) is 41.4 Å². The van der Waals surface area contributed by atoms with Gasteiger partial charge in [0, 0.05) is 6.92 Å². The normalized spacial score (nSPS) is 26.2. The second kappa shape index (κ2) is 4.18. The second-order valence-electron chi connectivity index (χ2n) is 4.58. The minimum Gasteiger partial charge on any atom is -0.342 e. The lowest BCUT2D eigenvalue weighted by molar-refractivity contribution is -0.225. The van der Waals surface area contributed by atoms with E-state index in [2.05, 4.69) is 9.60 Å². The summed E-state index contributed by atoms with van der Waals surface area (Å²) >= 11 is 0. The number of hydrogen-bond donors (Lipinski definition) is 2. The smallest absolute Gasteiger partial charge is 0.342 e. The lowest BCUT2D eigenvalue weighted by Crippen LogP contribution is -2.77. The van der Waals surface area contributed by atoms with Crippen LogP contribution in [0.25, 0.3) is 0 Å². The topological polar surface area (TPSA) is 113 Å². The van der Waals surface area contributed by atoms with Gasteiger partial charge in [-0.1, -0.05) is 12.8 Å². The molecule has 1 atom stereocenters. The fraction of sp³-hybridized carbons (Fsp3) is 0.778. The molecule has 9 heteroatoms. The number of hydroxylamine groups is 2. The maximum absolute atomic E-state index is 11.7. The number of nitrogens with zero attached hydrogens (tertiary/aromatic N) is 1. The molecule has 1 aliphatic heterocycles. The number of carbonyl (C=O) groups excluding carboxylic acids is 2. The quantitative estimate of drug-likeness (QED) is 0.525. The zero-order valence-electron chi connectivity index (χ0n) is 9.75. The Morgan fingerprint density at radius 3 is 2.50 bits per heavy atom. The van der Waals surface area contributed by atoms with Crippen molar-refractivity contribution in [3.8, 4) is 0 Å². The van der Waals surface area contributed by atoms with Crippen molar-refractivity contribution < 1.29 is 26.8 Å². The summed E-state index contributed by atoms with van der Waals surface area (Å²) in [6, 6.07) is -0.778. The molecule has 1 spiro atoms. The predicted molar refractivity (Wildman–Crippen MR) is 58.3 cm³/mol. The molecule has 2 fully saturated rings. The maximum atomic E-state index is 11.7. The number of nitrogens with one attached hydrogen (secondary N) is 1. The first-order valence-corrected chi connectivity index (χ1v) is 6.91. The van der Waals surface area contributed by atoms with Crippen molar-refractivity contribution in [1.29, 1.82) is 0 Å². The number of rotatable bonds is 3. The van der Waals surface area contributed by atoms with Crippen LogP contribution in [0.3, 0.4) is 0 Å². The fourth-order valence-corrected chi connectivity index (χ4v) is 3.11. The molecule has 1 aliphatic carbocycles. The van der Waals surface area contributed by atoms with Crippen molar-refractivity contribution in [2.45, 2.75) is 44.2 Å². The molecule has 0 radical (unpaired) electrons. The van der Waals surface area contributed by atoms with Crippen LogP contribution in [0.15, 0.2) is 0 Å². The molecule has 8 nitrogen and oxygen atoms in total. The summed E-state index contributed by atoms with van der Waals surface area (Å²) in [5.74, 6) is -1.03. The van der Waals surface area contributed by atoms with Crippen LogP contribution < -0.4 is 5.32 Å². The van der Waals surface area contributed by atoms with Gasteiger partial charge in [0.2, 0.25) is 5.91 Å². The van der Waals surface area contributed by atoms with Crippen molar-refractivity contribution in [2.24, 2.45) is 0 Å². The first kappa shape index (κ1) is 13.2. The molecule has 1 saturated carbocycles. The molecule has 0 aromatic heterocycles. The Bertz CT molecular complexity index is 481. The largest absolute Gasteiger partial charge is 0.418 e. The molecule has 2 N–H and O–H groups in total. The van der Waals surface area contributed by atoms with E-state index in [1.807, 2.05) is 0 Å². The first-order chi connectivity index (χ1) is 8.26. The average molecular weight is 278 g/mol. The second-order valence-corrected chi connectivity index (χ2v) is 5.58. The van der Waals surface area contributed by atoms with E-state index in [0.717, 1.165) is 12.8 Å². The van der Waals surface area contributed by atoms with E-state index >= 15 is 0 Å². The molecule has 102 valence electrons. The molecule has 1 unspecified atom stereocenters. The third-order valence-electron chi connectivity index (χ3n) is 3.37. The van der Waals surface area contributed by atoms with Gasteiger partial charge in [0.1, 0.15) is 11.6 Å². The molecule has 2 amide bonds. The van der Waals surface area contributed by atoms with Gasteiger partial charge in [-0.15, -0.1) is 4.28 Å². The van der Waals surface area contributed by atoms with Gasteiger partial charge in [-0.25, -0.2) is 0 Å². The van der Waals surface area contributed by atoms with Gasteiger partial charge >= 0.3 is 10.4 Å². The highest BCUT2D eigenvalue weighted by molar-refractivity contribution is 7.80. The summed E-state index contributed by atoms with van der Waals surface area (Å²) in [6.45, 7) is 1.28. The third-order valence-corrected chi connectivity index (χ3v) is 3.71. The summed E-state index contributed by atoms with van der Waals surface area (Å²) in [7, 11) is -4.74. The van der Waals surface area contributed by atoms with Crippen molar-refractivity contribution in [1.82, 2.24) is 10.4 Å². The Morgan fingerprint density at radius 2 is 2.06 bits per heavy atom. The molecular weight excluding hydrogens is 264 g/mol. The molecule has 0 aromatic carbocycles. The van der Waals surface area contributed by atoms with Crippen molar-refractivity contribution in [3.63, 3.8) is 0 Å². The molecule has 0 aromatic rings. The van der Waals surface area contributed by atoms with E-state index in [9.17, 15) is 18.0 Å². The Balaban J connectivity index is 2.22. The van der Waals surface area contributed by atoms with E-state index in [4.69, 9.17) is 4.55 Å². The molecule has 1 heterocycles. The van der Waals surface area contributed by atoms with Crippen LogP contribution in [0.4, 0.5) is 0 Å². The average Bonchev–Trinajstić information content (AvgIpc) is 2.72. The highest BCUT2D eigenvalue weighted by Crippen LogP contribution is 2.46. The predicted octanol–water partition coefficient (Wildman–Crippen LogP) is -0.619. The lowest BCUT2D eigenvalue weighted by atomic mass is 9.79. The molecule has 0 bridgehead atoms. The van der Waals surface area contributed by atoms with Crippen LogP contribution in [0.5, 0.6) is 0 Å². The van der Waals surface area contributed by atoms with Crippen molar-refractivity contribution in [3.05, 3.63) is 0 Å². The molecular formula is C9H14N2O6S. The van der Waals surface area contributed by atoms with Gasteiger partial charge in [-0.3, -0.25) is 14.1 Å². The minimum atomic E-state index is -4.74. The molecule has 1 saturated heterocycles. The van der Waals surface area contributed by atoms with Crippen LogP contribution in [-0.2, 0) is 24.3 Å². The maximum Gasteiger partial charge on any atom is 0.418 e. The molecule has 18 heavy (non-hydrogen) atoms. The van der Waals surface area contributed by atoms with Crippen molar-refractivity contribution in [2.75, 3.05) is 0 Å². The van der Waals surface area contributed by atoms with Gasteiger partial charge in [-0.05, 0) is 12.8 Å². The first-order valence-electron chi connectivity index (χ1n) is 5.54. The van der Waals surface area contributed by atoms with Crippen molar-refractivity contribution >= 4 is 22.2 Å². The number of carbonyl (C=O) groups is 2. The number of hydrogen-bond acceptors (Lipinski definition) is 5. The van der Waals surface area contributed by atoms with Gasteiger partial charge < -0.3 is 5.32 Å². The van der Waals surface area contributed by atoms with Crippen LogP contribution >= 0.6 is 0 Å². The highest BCUT2D eigenvalue weighted by Gasteiger charge is 2.64. The van der Waals surface area contributed by atoms with E-state index in [1.54, 1.807) is 0 Å².